The van der Waals surface area contributed by atoms with Crippen molar-refractivity contribution in [3.63, 3.8) is 0 Å². The molecule has 0 bridgehead atoms. The first-order valence-corrected chi connectivity index (χ1v) is 7.72. The van der Waals surface area contributed by atoms with Crippen molar-refractivity contribution < 1.29 is 4.79 Å². The number of benzene rings is 2. The largest absolute Gasteiger partial charge is 0.294 e. The van der Waals surface area contributed by atoms with Crippen LogP contribution in [0.15, 0.2) is 47.8 Å². The molecule has 1 heterocycles. The molecule has 0 unspecified atom stereocenters. The maximum absolute atomic E-state index is 12.5. The first kappa shape index (κ1) is 13.6. The van der Waals surface area contributed by atoms with Gasteiger partial charge in [-0.2, -0.15) is 0 Å². The number of fused-ring (bicyclic) bond motifs is 1. The molecule has 0 aliphatic heterocycles. The predicted molar refractivity (Wildman–Crippen MR) is 86.3 cm³/mol. The van der Waals surface area contributed by atoms with Crippen LogP contribution in [0.5, 0.6) is 0 Å². The molecule has 20 heavy (non-hydrogen) atoms. The van der Waals surface area contributed by atoms with Crippen LogP contribution in [0.1, 0.15) is 15.9 Å². The van der Waals surface area contributed by atoms with Crippen LogP contribution in [-0.2, 0) is 6.42 Å². The molecule has 1 nitrogen and oxygen atoms in total. The van der Waals surface area contributed by atoms with Crippen molar-refractivity contribution >= 4 is 50.4 Å². The summed E-state index contributed by atoms with van der Waals surface area (Å²) < 4.78 is 1.03. The Morgan fingerprint density at radius 3 is 2.75 bits per heavy atom. The fraction of sp³-hybridized carbons (Fsp3) is 0.0625. The standard InChI is InChI=1S/C16H10Cl2OS/c17-12-5-4-11(14(18)9-12)8-15(19)13-3-1-2-10-6-7-20-16(10)13/h1-7,9H,8H2. The summed E-state index contributed by atoms with van der Waals surface area (Å²) in [6.45, 7) is 0. The van der Waals surface area contributed by atoms with Crippen LogP contribution in [0, 0.1) is 0 Å². The van der Waals surface area contributed by atoms with Gasteiger partial charge in [-0.1, -0.05) is 41.4 Å². The maximum Gasteiger partial charge on any atom is 0.168 e. The van der Waals surface area contributed by atoms with Crippen molar-refractivity contribution in [3.8, 4) is 0 Å². The Hall–Kier alpha value is -1.35. The van der Waals surface area contributed by atoms with Gasteiger partial charge in [0.05, 0.1) is 0 Å². The van der Waals surface area contributed by atoms with E-state index in [0.717, 1.165) is 21.2 Å². The number of ketones is 1. The topological polar surface area (TPSA) is 17.1 Å². The first-order chi connectivity index (χ1) is 9.65. The molecule has 2 aromatic carbocycles. The van der Waals surface area contributed by atoms with Gasteiger partial charge in [-0.15, -0.1) is 11.3 Å². The Labute approximate surface area is 130 Å². The van der Waals surface area contributed by atoms with Gasteiger partial charge in [0.15, 0.2) is 5.78 Å². The Morgan fingerprint density at radius 2 is 1.95 bits per heavy atom. The highest BCUT2D eigenvalue weighted by atomic mass is 35.5. The van der Waals surface area contributed by atoms with E-state index >= 15 is 0 Å². The molecule has 0 N–H and O–H groups in total. The molecule has 3 rings (SSSR count). The lowest BCUT2D eigenvalue weighted by Crippen LogP contribution is -2.04. The molecule has 0 fully saturated rings. The number of carbonyl (C=O) groups is 1. The third kappa shape index (κ3) is 2.59. The lowest BCUT2D eigenvalue weighted by Gasteiger charge is -2.05. The van der Waals surface area contributed by atoms with Crippen molar-refractivity contribution in [1.29, 1.82) is 0 Å². The minimum Gasteiger partial charge on any atom is -0.294 e. The summed E-state index contributed by atoms with van der Waals surface area (Å²) in [4.78, 5) is 12.5. The van der Waals surface area contributed by atoms with Gasteiger partial charge < -0.3 is 0 Å². The number of halogens is 2. The van der Waals surface area contributed by atoms with E-state index in [2.05, 4.69) is 0 Å². The Morgan fingerprint density at radius 1 is 1.10 bits per heavy atom. The van der Waals surface area contributed by atoms with E-state index in [1.807, 2.05) is 29.6 Å². The van der Waals surface area contributed by atoms with Crippen molar-refractivity contribution in [2.75, 3.05) is 0 Å². The molecular weight excluding hydrogens is 311 g/mol. The SMILES string of the molecule is O=C(Cc1ccc(Cl)cc1Cl)c1cccc2ccsc12. The lowest BCUT2D eigenvalue weighted by molar-refractivity contribution is 0.0994. The average Bonchev–Trinajstić information content (AvgIpc) is 2.90. The molecule has 1 aromatic heterocycles. The minimum atomic E-state index is 0.0715. The summed E-state index contributed by atoms with van der Waals surface area (Å²) >= 11 is 13.6. The zero-order valence-corrected chi connectivity index (χ0v) is 12.7. The molecular formula is C16H10Cl2OS. The van der Waals surface area contributed by atoms with E-state index in [1.165, 1.54) is 0 Å². The number of thiophene rings is 1. The zero-order valence-electron chi connectivity index (χ0n) is 10.4. The number of rotatable bonds is 3. The molecule has 0 saturated carbocycles. The van der Waals surface area contributed by atoms with Gasteiger partial charge >= 0.3 is 0 Å². The van der Waals surface area contributed by atoms with E-state index in [-0.39, 0.29) is 12.2 Å². The van der Waals surface area contributed by atoms with Crippen molar-refractivity contribution in [3.05, 3.63) is 69.0 Å². The second kappa shape index (κ2) is 5.57. The fourth-order valence-electron chi connectivity index (χ4n) is 2.15. The van der Waals surface area contributed by atoms with E-state index in [0.29, 0.717) is 10.0 Å². The minimum absolute atomic E-state index is 0.0715. The third-order valence-corrected chi connectivity index (χ3v) is 4.70. The quantitative estimate of drug-likeness (QED) is 0.571. The second-order valence-electron chi connectivity index (χ2n) is 4.48. The first-order valence-electron chi connectivity index (χ1n) is 6.08. The normalized spacial score (nSPS) is 10.9. The van der Waals surface area contributed by atoms with Gasteiger partial charge in [0.1, 0.15) is 0 Å². The molecule has 0 aliphatic rings. The molecule has 0 amide bonds. The van der Waals surface area contributed by atoms with Crippen molar-refractivity contribution in [1.82, 2.24) is 0 Å². The molecule has 3 aromatic rings. The molecule has 0 spiro atoms. The fourth-order valence-corrected chi connectivity index (χ4v) is 3.55. The van der Waals surface area contributed by atoms with Crippen LogP contribution < -0.4 is 0 Å². The molecule has 0 aliphatic carbocycles. The van der Waals surface area contributed by atoms with Crippen LogP contribution in [0.25, 0.3) is 10.1 Å². The summed E-state index contributed by atoms with van der Waals surface area (Å²) in [5.74, 6) is 0.0715. The highest BCUT2D eigenvalue weighted by Crippen LogP contribution is 2.27. The highest BCUT2D eigenvalue weighted by molar-refractivity contribution is 7.17. The highest BCUT2D eigenvalue weighted by Gasteiger charge is 2.13. The maximum atomic E-state index is 12.5. The monoisotopic (exact) mass is 320 g/mol. The Kier molecular flexibility index (Phi) is 3.79. The van der Waals surface area contributed by atoms with Gasteiger partial charge in [-0.05, 0) is 40.6 Å². The van der Waals surface area contributed by atoms with Gasteiger partial charge in [0.25, 0.3) is 0 Å². The van der Waals surface area contributed by atoms with Gasteiger partial charge in [-0.25, -0.2) is 0 Å². The summed E-state index contributed by atoms with van der Waals surface area (Å²) in [7, 11) is 0. The number of hydrogen-bond donors (Lipinski definition) is 0. The Balaban J connectivity index is 1.95. The smallest absolute Gasteiger partial charge is 0.168 e. The van der Waals surface area contributed by atoms with Crippen molar-refractivity contribution in [2.24, 2.45) is 0 Å². The third-order valence-electron chi connectivity index (χ3n) is 3.15. The molecule has 4 heteroatoms. The van der Waals surface area contributed by atoms with Crippen LogP contribution in [0.2, 0.25) is 10.0 Å². The van der Waals surface area contributed by atoms with Crippen molar-refractivity contribution in [2.45, 2.75) is 6.42 Å². The number of Topliss-reactive ketones (excluding diaryl/α,β-unsaturated/α-hetero) is 1. The summed E-state index contributed by atoms with van der Waals surface area (Å²) in [5, 5.41) is 4.20. The van der Waals surface area contributed by atoms with Crippen LogP contribution in [-0.4, -0.2) is 5.78 Å². The summed E-state index contributed by atoms with van der Waals surface area (Å²) in [6.07, 6.45) is 0.285. The van der Waals surface area contributed by atoms with Crippen LogP contribution >= 0.6 is 34.5 Å². The van der Waals surface area contributed by atoms with Gasteiger partial charge in [-0.3, -0.25) is 4.79 Å². The van der Waals surface area contributed by atoms with Gasteiger partial charge in [0, 0.05) is 26.7 Å². The van der Waals surface area contributed by atoms with E-state index < -0.39 is 0 Å². The van der Waals surface area contributed by atoms with Crippen LogP contribution in [0.4, 0.5) is 0 Å². The van der Waals surface area contributed by atoms with E-state index in [9.17, 15) is 4.79 Å². The number of carbonyl (C=O) groups excluding carboxylic acids is 1. The number of hydrogen-bond acceptors (Lipinski definition) is 2. The predicted octanol–water partition coefficient (Wildman–Crippen LogP) is 5.63. The molecule has 100 valence electrons. The van der Waals surface area contributed by atoms with Crippen LogP contribution in [0.3, 0.4) is 0 Å². The average molecular weight is 321 g/mol. The Bertz CT molecular complexity index is 792. The zero-order chi connectivity index (χ0) is 14.1. The van der Waals surface area contributed by atoms with E-state index in [1.54, 1.807) is 29.5 Å². The molecule has 0 radical (unpaired) electrons. The molecule has 0 atom stereocenters. The van der Waals surface area contributed by atoms with E-state index in [4.69, 9.17) is 23.2 Å². The summed E-state index contributed by atoms with van der Waals surface area (Å²) in [6, 6.07) is 13.0. The molecule has 0 saturated heterocycles. The lowest BCUT2D eigenvalue weighted by atomic mass is 10.0. The summed E-state index contributed by atoms with van der Waals surface area (Å²) in [5.41, 5.74) is 1.55. The second-order valence-corrected chi connectivity index (χ2v) is 6.24. The van der Waals surface area contributed by atoms with Gasteiger partial charge in [0.2, 0.25) is 0 Å².